The topological polar surface area (TPSA) is 112 Å². The molecule has 1 aliphatic rings. The van der Waals surface area contributed by atoms with E-state index in [2.05, 4.69) is 37.8 Å². The predicted molar refractivity (Wildman–Crippen MR) is 125 cm³/mol. The highest BCUT2D eigenvalue weighted by Crippen LogP contribution is 2.26. The number of nitrogens with one attached hydrogen (secondary N) is 3. The van der Waals surface area contributed by atoms with Gasteiger partial charge in [-0.05, 0) is 11.6 Å². The molecule has 0 bridgehead atoms. The molecule has 0 saturated carbocycles. The number of carbonyl (C=O) groups excluding carboxylic acids is 2. The van der Waals surface area contributed by atoms with Gasteiger partial charge in [0.15, 0.2) is 0 Å². The molecule has 4 rings (SSSR count). The number of benzene rings is 1. The number of amides is 2. The van der Waals surface area contributed by atoms with Crippen molar-refractivity contribution in [1.82, 2.24) is 25.6 Å². The van der Waals surface area contributed by atoms with Crippen LogP contribution >= 0.6 is 13.5 Å². The lowest BCUT2D eigenvalue weighted by Gasteiger charge is -2.18. The Morgan fingerprint density at radius 3 is 2.84 bits per heavy atom. The second kappa shape index (κ2) is 9.61. The van der Waals surface area contributed by atoms with E-state index in [0.717, 1.165) is 16.5 Å². The highest BCUT2D eigenvalue weighted by atomic mass is 32.1. The second-order valence-electron chi connectivity index (χ2n) is 7.18. The molecule has 3 heterocycles. The van der Waals surface area contributed by atoms with Crippen LogP contribution in [0, 0.1) is 0 Å². The van der Waals surface area contributed by atoms with Gasteiger partial charge in [0.05, 0.1) is 17.7 Å². The summed E-state index contributed by atoms with van der Waals surface area (Å²) in [6.07, 6.45) is 3.15. The fraction of sp³-hybridized carbons (Fsp3) is 0.286. The summed E-state index contributed by atoms with van der Waals surface area (Å²) in [7, 11) is 1.62. The summed E-state index contributed by atoms with van der Waals surface area (Å²) in [6.45, 7) is 3.46. The molecule has 10 heteroatoms. The molecule has 0 spiro atoms. The van der Waals surface area contributed by atoms with Crippen molar-refractivity contribution in [2.45, 2.75) is 12.8 Å². The monoisotopic (exact) mass is 439 g/mol. The molecule has 3 aromatic rings. The summed E-state index contributed by atoms with van der Waals surface area (Å²) in [5.41, 5.74) is 2.48. The summed E-state index contributed by atoms with van der Waals surface area (Å²) >= 11 is 0. The Morgan fingerprint density at radius 1 is 1.26 bits per heavy atom. The fourth-order valence-corrected chi connectivity index (χ4v) is 3.54. The molecule has 9 nitrogen and oxygen atoms in total. The first kappa shape index (κ1) is 22.3. The highest BCUT2D eigenvalue weighted by Gasteiger charge is 2.20. The van der Waals surface area contributed by atoms with Crippen molar-refractivity contribution in [1.29, 1.82) is 0 Å². The largest absolute Gasteiger partial charge is 0.369 e. The molecule has 1 atom stereocenters. The summed E-state index contributed by atoms with van der Waals surface area (Å²) in [6, 6.07) is 9.45. The summed E-state index contributed by atoms with van der Waals surface area (Å²) in [4.78, 5) is 38.5. The Labute approximate surface area is 187 Å². The number of rotatable bonds is 6. The third-order valence-corrected chi connectivity index (χ3v) is 5.17. The van der Waals surface area contributed by atoms with E-state index in [-0.39, 0.29) is 31.2 Å². The molecule has 2 amide bonds. The van der Waals surface area contributed by atoms with E-state index in [1.54, 1.807) is 19.3 Å². The maximum absolute atomic E-state index is 12.2. The number of aromatic nitrogens is 3. The molecule has 0 radical (unpaired) electrons. The molecular weight excluding hydrogens is 414 g/mol. The predicted octanol–water partition coefficient (Wildman–Crippen LogP) is 1.61. The number of carbonyl (C=O) groups is 2. The molecule has 1 aliphatic heterocycles. The van der Waals surface area contributed by atoms with Gasteiger partial charge in [-0.3, -0.25) is 14.6 Å². The molecule has 1 aromatic carbocycles. The van der Waals surface area contributed by atoms with Crippen molar-refractivity contribution in [2.75, 3.05) is 37.0 Å². The number of anilines is 2. The van der Waals surface area contributed by atoms with Gasteiger partial charge in [-0.15, -0.1) is 0 Å². The summed E-state index contributed by atoms with van der Waals surface area (Å²) < 4.78 is 0. The lowest BCUT2D eigenvalue weighted by Crippen LogP contribution is -2.22. The van der Waals surface area contributed by atoms with Crippen molar-refractivity contribution in [3.05, 3.63) is 54.0 Å². The normalized spacial score (nSPS) is 14.0. The quantitative estimate of drug-likeness (QED) is 0.535. The van der Waals surface area contributed by atoms with Crippen LogP contribution in [-0.4, -0.2) is 53.6 Å². The molecular formula is C21H25N7O2S. The Balaban J connectivity index is 0.00000272. The Morgan fingerprint density at radius 2 is 2.10 bits per heavy atom. The van der Waals surface area contributed by atoms with Gasteiger partial charge in [-0.1, -0.05) is 25.1 Å². The van der Waals surface area contributed by atoms with E-state index < -0.39 is 0 Å². The number of hydrogen-bond acceptors (Lipinski definition) is 7. The van der Waals surface area contributed by atoms with Crippen LogP contribution in [-0.2, 0) is 4.79 Å². The molecule has 1 fully saturated rings. The van der Waals surface area contributed by atoms with Gasteiger partial charge in [-0.2, -0.15) is 13.5 Å². The number of nitrogens with zero attached hydrogens (tertiary/aromatic N) is 4. The number of fused-ring (bicyclic) bond motifs is 1. The number of para-hydroxylation sites is 1. The molecule has 0 aliphatic carbocycles. The minimum atomic E-state index is -0.131. The third kappa shape index (κ3) is 4.69. The maximum atomic E-state index is 12.2. The molecule has 162 valence electrons. The lowest BCUT2D eigenvalue weighted by molar-refractivity contribution is -0.118. The molecule has 3 N–H and O–H groups in total. The third-order valence-electron chi connectivity index (χ3n) is 5.17. The van der Waals surface area contributed by atoms with Gasteiger partial charge in [0, 0.05) is 37.2 Å². The zero-order chi connectivity index (χ0) is 21.1. The van der Waals surface area contributed by atoms with Gasteiger partial charge in [0.2, 0.25) is 5.91 Å². The highest BCUT2D eigenvalue weighted by molar-refractivity contribution is 7.59. The zero-order valence-electron chi connectivity index (χ0n) is 17.3. The first-order valence-corrected chi connectivity index (χ1v) is 9.74. The van der Waals surface area contributed by atoms with Crippen LogP contribution < -0.4 is 20.9 Å². The van der Waals surface area contributed by atoms with Gasteiger partial charge in [-0.25, -0.2) is 9.97 Å². The Kier molecular flexibility index (Phi) is 6.91. The Bertz CT molecular complexity index is 1110. The fourth-order valence-electron chi connectivity index (χ4n) is 3.54. The van der Waals surface area contributed by atoms with Crippen molar-refractivity contribution in [3.8, 4) is 0 Å². The molecule has 0 unspecified atom stereocenters. The van der Waals surface area contributed by atoms with Crippen LogP contribution in [0.1, 0.15) is 28.8 Å². The summed E-state index contributed by atoms with van der Waals surface area (Å²) in [5, 5.41) is 9.61. The zero-order valence-corrected chi connectivity index (χ0v) is 18.3. The van der Waals surface area contributed by atoms with E-state index in [0.29, 0.717) is 37.0 Å². The van der Waals surface area contributed by atoms with Crippen LogP contribution in [0.15, 0.2) is 42.9 Å². The average Bonchev–Trinajstić information content (AvgIpc) is 3.22. The summed E-state index contributed by atoms with van der Waals surface area (Å²) in [5.74, 6) is 1.35. The van der Waals surface area contributed by atoms with E-state index in [1.807, 2.05) is 29.2 Å². The smallest absolute Gasteiger partial charge is 0.251 e. The number of pyridine rings is 1. The lowest BCUT2D eigenvalue weighted by atomic mass is 9.96. The van der Waals surface area contributed by atoms with Crippen molar-refractivity contribution in [2.24, 2.45) is 0 Å². The van der Waals surface area contributed by atoms with Crippen molar-refractivity contribution < 1.29 is 9.59 Å². The van der Waals surface area contributed by atoms with Crippen LogP contribution in [0.3, 0.4) is 0 Å². The van der Waals surface area contributed by atoms with Crippen LogP contribution in [0.25, 0.3) is 10.9 Å². The molecule has 2 aromatic heterocycles. The molecule has 1 saturated heterocycles. The van der Waals surface area contributed by atoms with E-state index in [1.165, 1.54) is 6.33 Å². The van der Waals surface area contributed by atoms with Gasteiger partial charge in [0.1, 0.15) is 24.5 Å². The van der Waals surface area contributed by atoms with Gasteiger partial charge >= 0.3 is 0 Å². The first-order valence-electron chi connectivity index (χ1n) is 9.74. The van der Waals surface area contributed by atoms with Gasteiger partial charge in [0.25, 0.3) is 5.91 Å². The SMILES string of the molecule is CNC(=O)c1ccnc2c([C@H](C)CNc3cc(N4CNC(=O)C4)ncn3)cccc12.S. The molecule has 31 heavy (non-hydrogen) atoms. The van der Waals surface area contributed by atoms with Crippen molar-refractivity contribution >= 4 is 47.8 Å². The van der Waals surface area contributed by atoms with E-state index in [9.17, 15) is 9.59 Å². The first-order chi connectivity index (χ1) is 14.6. The van der Waals surface area contributed by atoms with E-state index in [4.69, 9.17) is 0 Å². The van der Waals surface area contributed by atoms with E-state index >= 15 is 0 Å². The minimum Gasteiger partial charge on any atom is -0.369 e. The van der Waals surface area contributed by atoms with Crippen LogP contribution in [0.5, 0.6) is 0 Å². The average molecular weight is 440 g/mol. The second-order valence-corrected chi connectivity index (χ2v) is 7.18. The standard InChI is InChI=1S/C21H23N7O2.H2S/c1-13(9-24-17-8-18(26-11-25-17)28-10-19(29)27-12-28)14-4-3-5-15-16(21(30)22-2)6-7-23-20(14)15;/h3-8,11,13H,9-10,12H2,1-2H3,(H,22,30)(H,27,29)(H,24,25,26);1H2/t13-;/m1./s1. The maximum Gasteiger partial charge on any atom is 0.251 e. The van der Waals surface area contributed by atoms with Crippen LogP contribution in [0.4, 0.5) is 11.6 Å². The number of hydrogen-bond donors (Lipinski definition) is 3. The van der Waals surface area contributed by atoms with Crippen LogP contribution in [0.2, 0.25) is 0 Å². The van der Waals surface area contributed by atoms with Gasteiger partial charge < -0.3 is 20.9 Å². The minimum absolute atomic E-state index is 0. The Hall–Kier alpha value is -3.40. The van der Waals surface area contributed by atoms with Crippen molar-refractivity contribution in [3.63, 3.8) is 0 Å².